The molecule has 1 aliphatic heterocycles. The molecule has 1 aromatic carbocycles. The van der Waals surface area contributed by atoms with Crippen LogP contribution in [0.2, 0.25) is 0 Å². The zero-order chi connectivity index (χ0) is 11.5. The fraction of sp³-hybridized carbons (Fsp3) is 0.538. The minimum atomic E-state index is 0.865. The van der Waals surface area contributed by atoms with Gasteiger partial charge in [0.15, 0.2) is 0 Å². The molecular weight excluding hydrogens is 198 g/mol. The number of nitrogens with two attached hydrogens (primary N) is 1. The van der Waals surface area contributed by atoms with Crippen molar-refractivity contribution < 1.29 is 0 Å². The fourth-order valence-electron chi connectivity index (χ4n) is 2.35. The Morgan fingerprint density at radius 1 is 1.31 bits per heavy atom. The van der Waals surface area contributed by atoms with E-state index in [1.807, 2.05) is 6.07 Å². The van der Waals surface area contributed by atoms with Gasteiger partial charge in [0.2, 0.25) is 0 Å². The second-order valence-corrected chi connectivity index (χ2v) is 4.53. The Morgan fingerprint density at radius 3 is 2.88 bits per heavy atom. The molecule has 88 valence electrons. The van der Waals surface area contributed by atoms with Crippen molar-refractivity contribution in [2.45, 2.75) is 19.9 Å². The number of hydrogen-bond donors (Lipinski definition) is 1. The van der Waals surface area contributed by atoms with Crippen LogP contribution in [0.5, 0.6) is 0 Å². The summed E-state index contributed by atoms with van der Waals surface area (Å²) in [6.07, 6.45) is 1.23. The number of fused-ring (bicyclic) bond motifs is 1. The summed E-state index contributed by atoms with van der Waals surface area (Å²) in [5, 5.41) is 0. The Kier molecular flexibility index (Phi) is 3.34. The summed E-state index contributed by atoms with van der Waals surface area (Å²) in [4.78, 5) is 4.81. The van der Waals surface area contributed by atoms with E-state index in [0.717, 1.165) is 25.3 Å². The van der Waals surface area contributed by atoms with Crippen molar-refractivity contribution in [1.29, 1.82) is 0 Å². The zero-order valence-electron chi connectivity index (χ0n) is 10.2. The van der Waals surface area contributed by atoms with Crippen molar-refractivity contribution in [3.05, 3.63) is 23.8 Å². The highest BCUT2D eigenvalue weighted by Crippen LogP contribution is 2.25. The molecule has 0 saturated heterocycles. The van der Waals surface area contributed by atoms with Gasteiger partial charge in [-0.3, -0.25) is 4.90 Å². The van der Waals surface area contributed by atoms with Gasteiger partial charge in [0.25, 0.3) is 0 Å². The molecule has 0 fully saturated rings. The van der Waals surface area contributed by atoms with Crippen molar-refractivity contribution in [2.75, 3.05) is 37.3 Å². The predicted molar refractivity (Wildman–Crippen MR) is 69.7 cm³/mol. The molecule has 16 heavy (non-hydrogen) atoms. The minimum Gasteiger partial charge on any atom is -0.399 e. The maximum absolute atomic E-state index is 5.87. The van der Waals surface area contributed by atoms with Gasteiger partial charge in [-0.2, -0.15) is 0 Å². The van der Waals surface area contributed by atoms with Crippen LogP contribution in [0.25, 0.3) is 0 Å². The first-order valence-electron chi connectivity index (χ1n) is 6.02. The molecule has 2 N–H and O–H groups in total. The average Bonchev–Trinajstić information content (AvgIpc) is 2.25. The van der Waals surface area contributed by atoms with E-state index in [-0.39, 0.29) is 0 Å². The van der Waals surface area contributed by atoms with Crippen LogP contribution in [0.3, 0.4) is 0 Å². The van der Waals surface area contributed by atoms with E-state index in [2.05, 4.69) is 35.9 Å². The van der Waals surface area contributed by atoms with E-state index < -0.39 is 0 Å². The van der Waals surface area contributed by atoms with Gasteiger partial charge in [0, 0.05) is 38.1 Å². The third kappa shape index (κ3) is 2.30. The highest BCUT2D eigenvalue weighted by molar-refractivity contribution is 5.59. The second-order valence-electron chi connectivity index (χ2n) is 4.53. The van der Waals surface area contributed by atoms with E-state index in [1.54, 1.807) is 0 Å². The van der Waals surface area contributed by atoms with Crippen molar-refractivity contribution >= 4 is 11.4 Å². The normalized spacial score (nSPS) is 17.8. The van der Waals surface area contributed by atoms with Crippen LogP contribution < -0.4 is 10.6 Å². The molecule has 0 aromatic heterocycles. The monoisotopic (exact) mass is 219 g/mol. The van der Waals surface area contributed by atoms with Crippen LogP contribution in [0.15, 0.2) is 18.2 Å². The van der Waals surface area contributed by atoms with Gasteiger partial charge in [-0.05, 0) is 36.7 Å². The molecular formula is C13H21N3. The number of anilines is 2. The molecule has 0 bridgehead atoms. The van der Waals surface area contributed by atoms with Crippen LogP contribution in [0, 0.1) is 0 Å². The van der Waals surface area contributed by atoms with Gasteiger partial charge in [-0.15, -0.1) is 0 Å². The Balaban J connectivity index is 2.33. The lowest BCUT2D eigenvalue weighted by Crippen LogP contribution is -2.32. The Morgan fingerprint density at radius 2 is 2.12 bits per heavy atom. The fourth-order valence-corrected chi connectivity index (χ4v) is 2.35. The number of benzene rings is 1. The van der Waals surface area contributed by atoms with Crippen molar-refractivity contribution in [3.8, 4) is 0 Å². The molecule has 0 radical (unpaired) electrons. The molecule has 0 aliphatic carbocycles. The van der Waals surface area contributed by atoms with E-state index in [9.17, 15) is 0 Å². The largest absolute Gasteiger partial charge is 0.399 e. The third-order valence-corrected chi connectivity index (χ3v) is 3.32. The van der Waals surface area contributed by atoms with Crippen LogP contribution in [0.1, 0.15) is 18.9 Å². The lowest BCUT2D eigenvalue weighted by molar-refractivity contribution is 0.274. The maximum atomic E-state index is 5.87. The average molecular weight is 219 g/mol. The molecule has 0 amide bonds. The summed E-state index contributed by atoms with van der Waals surface area (Å²) in [6, 6.07) is 6.25. The highest BCUT2D eigenvalue weighted by Gasteiger charge is 2.14. The summed E-state index contributed by atoms with van der Waals surface area (Å²) >= 11 is 0. The van der Waals surface area contributed by atoms with Crippen molar-refractivity contribution in [1.82, 2.24) is 4.90 Å². The number of nitrogen functional groups attached to an aromatic ring is 1. The first-order chi connectivity index (χ1) is 7.70. The standard InChI is InChI=1S/C13H21N3/c1-3-16-8-4-7-15(2)13-6-5-12(14)9-11(13)10-16/h5-6,9H,3-4,7-8,10,14H2,1-2H3. The SMILES string of the molecule is CCN1CCCN(C)c2ccc(N)cc2C1. The number of nitrogens with zero attached hydrogens (tertiary/aromatic N) is 2. The molecule has 3 nitrogen and oxygen atoms in total. The van der Waals surface area contributed by atoms with E-state index in [1.165, 1.54) is 24.2 Å². The topological polar surface area (TPSA) is 32.5 Å². The summed E-state index contributed by atoms with van der Waals surface area (Å²) in [5.41, 5.74) is 9.41. The number of hydrogen-bond acceptors (Lipinski definition) is 3. The first-order valence-corrected chi connectivity index (χ1v) is 6.02. The molecule has 0 atom stereocenters. The molecule has 1 aliphatic rings. The molecule has 0 saturated carbocycles. The van der Waals surface area contributed by atoms with Crippen LogP contribution in [-0.2, 0) is 6.54 Å². The maximum Gasteiger partial charge on any atom is 0.0410 e. The van der Waals surface area contributed by atoms with Gasteiger partial charge < -0.3 is 10.6 Å². The lowest BCUT2D eigenvalue weighted by Gasteiger charge is -2.30. The highest BCUT2D eigenvalue weighted by atomic mass is 15.2. The summed E-state index contributed by atoms with van der Waals surface area (Å²) in [5.74, 6) is 0. The quantitative estimate of drug-likeness (QED) is 0.733. The smallest absolute Gasteiger partial charge is 0.0410 e. The Hall–Kier alpha value is -1.22. The van der Waals surface area contributed by atoms with Crippen LogP contribution in [0.4, 0.5) is 11.4 Å². The van der Waals surface area contributed by atoms with Crippen molar-refractivity contribution in [2.24, 2.45) is 0 Å². The second kappa shape index (κ2) is 4.74. The first kappa shape index (κ1) is 11.3. The lowest BCUT2D eigenvalue weighted by atomic mass is 10.1. The van der Waals surface area contributed by atoms with Crippen molar-refractivity contribution in [3.63, 3.8) is 0 Å². The zero-order valence-corrected chi connectivity index (χ0v) is 10.2. The van der Waals surface area contributed by atoms with Gasteiger partial charge in [-0.25, -0.2) is 0 Å². The summed E-state index contributed by atoms with van der Waals surface area (Å²) < 4.78 is 0. The van der Waals surface area contributed by atoms with Crippen LogP contribution >= 0.6 is 0 Å². The third-order valence-electron chi connectivity index (χ3n) is 3.32. The van der Waals surface area contributed by atoms with E-state index in [0.29, 0.717) is 0 Å². The van der Waals surface area contributed by atoms with Gasteiger partial charge >= 0.3 is 0 Å². The van der Waals surface area contributed by atoms with Gasteiger partial charge in [-0.1, -0.05) is 6.92 Å². The minimum absolute atomic E-state index is 0.865. The molecule has 2 rings (SSSR count). The number of rotatable bonds is 1. The molecule has 0 spiro atoms. The molecule has 3 heteroatoms. The van der Waals surface area contributed by atoms with E-state index >= 15 is 0 Å². The molecule has 0 unspecified atom stereocenters. The van der Waals surface area contributed by atoms with Gasteiger partial charge in [0.05, 0.1) is 0 Å². The summed E-state index contributed by atoms with van der Waals surface area (Å²) in [6.45, 7) is 6.64. The Bertz CT molecular complexity index is 362. The molecule has 1 heterocycles. The Labute approximate surface area is 97.8 Å². The summed E-state index contributed by atoms with van der Waals surface area (Å²) in [7, 11) is 2.16. The van der Waals surface area contributed by atoms with Gasteiger partial charge in [0.1, 0.15) is 0 Å². The molecule has 1 aromatic rings. The van der Waals surface area contributed by atoms with Crippen LogP contribution in [-0.4, -0.2) is 31.6 Å². The predicted octanol–water partition coefficient (Wildman–Crippen LogP) is 1.93. The van der Waals surface area contributed by atoms with E-state index in [4.69, 9.17) is 5.73 Å².